The van der Waals surface area contributed by atoms with Crippen molar-refractivity contribution in [1.82, 2.24) is 4.90 Å². The molecule has 7 heteroatoms. The van der Waals surface area contributed by atoms with Crippen molar-refractivity contribution in [2.45, 2.75) is 44.4 Å². The van der Waals surface area contributed by atoms with Crippen LogP contribution in [-0.2, 0) is 11.0 Å². The van der Waals surface area contributed by atoms with E-state index >= 15 is 0 Å². The Morgan fingerprint density at radius 2 is 1.79 bits per heavy atom. The lowest BCUT2D eigenvalue weighted by atomic mass is 9.90. The zero-order valence-electron chi connectivity index (χ0n) is 15.3. The number of piperidine rings is 1. The maximum atomic E-state index is 13.4. The third kappa shape index (κ3) is 4.33. The number of carboxylic acid groups (broad SMARTS) is 1. The van der Waals surface area contributed by atoms with Gasteiger partial charge in [-0.1, -0.05) is 53.9 Å². The quantitative estimate of drug-likeness (QED) is 0.702. The number of hydrogen-bond acceptors (Lipinski definition) is 2. The topological polar surface area (TPSA) is 40.5 Å². The highest BCUT2D eigenvalue weighted by molar-refractivity contribution is 6.31. The van der Waals surface area contributed by atoms with Crippen molar-refractivity contribution in [2.75, 3.05) is 6.54 Å². The number of aryl methyl sites for hydroxylation is 1. The molecule has 2 aromatic rings. The molecule has 0 spiro atoms. The molecule has 3 nitrogen and oxygen atoms in total. The number of rotatable bonds is 4. The van der Waals surface area contributed by atoms with E-state index in [0.29, 0.717) is 18.5 Å². The van der Waals surface area contributed by atoms with Crippen molar-refractivity contribution in [2.24, 2.45) is 0 Å². The summed E-state index contributed by atoms with van der Waals surface area (Å²) in [6, 6.07) is 9.93. The van der Waals surface area contributed by atoms with E-state index in [1.807, 2.05) is 31.2 Å². The average Bonchev–Trinajstić information content (AvgIpc) is 2.64. The second-order valence-corrected chi connectivity index (χ2v) is 7.55. The first-order valence-electron chi connectivity index (χ1n) is 9.10. The van der Waals surface area contributed by atoms with E-state index in [0.717, 1.165) is 30.0 Å². The smallest absolute Gasteiger partial charge is 0.417 e. The van der Waals surface area contributed by atoms with Gasteiger partial charge in [0.1, 0.15) is 6.04 Å². The number of carboxylic acids is 1. The molecule has 1 heterocycles. The lowest BCUT2D eigenvalue weighted by Gasteiger charge is -2.40. The number of nitrogens with zero attached hydrogens (tertiary/aromatic N) is 1. The summed E-state index contributed by atoms with van der Waals surface area (Å²) in [7, 11) is 0. The predicted molar refractivity (Wildman–Crippen MR) is 101 cm³/mol. The van der Waals surface area contributed by atoms with Gasteiger partial charge in [0.05, 0.1) is 16.6 Å². The second kappa shape index (κ2) is 8.13. The van der Waals surface area contributed by atoms with Crippen molar-refractivity contribution in [1.29, 1.82) is 0 Å². The summed E-state index contributed by atoms with van der Waals surface area (Å²) in [5.74, 6) is -0.957. The molecule has 0 aromatic heterocycles. The molecule has 1 aliphatic rings. The molecule has 1 aliphatic heterocycles. The molecule has 2 atom stereocenters. The van der Waals surface area contributed by atoms with Crippen molar-refractivity contribution < 1.29 is 23.1 Å². The van der Waals surface area contributed by atoms with Crippen LogP contribution in [0.15, 0.2) is 42.5 Å². The van der Waals surface area contributed by atoms with E-state index in [1.54, 1.807) is 11.0 Å². The third-order valence-corrected chi connectivity index (χ3v) is 5.50. The normalized spacial score (nSPS) is 19.4. The van der Waals surface area contributed by atoms with Gasteiger partial charge in [0.15, 0.2) is 0 Å². The van der Waals surface area contributed by atoms with Gasteiger partial charge >= 0.3 is 12.1 Å². The van der Waals surface area contributed by atoms with Crippen LogP contribution in [0.3, 0.4) is 0 Å². The van der Waals surface area contributed by atoms with Crippen molar-refractivity contribution in [3.05, 3.63) is 69.7 Å². The van der Waals surface area contributed by atoms with Gasteiger partial charge in [0, 0.05) is 0 Å². The van der Waals surface area contributed by atoms with Crippen LogP contribution in [-0.4, -0.2) is 28.6 Å². The van der Waals surface area contributed by atoms with Crippen LogP contribution < -0.4 is 0 Å². The summed E-state index contributed by atoms with van der Waals surface area (Å²) in [6.45, 7) is 2.42. The SMILES string of the molecule is Cc1ccc(C(c2ccc(Cl)c(C(F)(F)F)c2)N2CCCCC2C(=O)O)cc1. The van der Waals surface area contributed by atoms with Gasteiger partial charge in [0.25, 0.3) is 0 Å². The van der Waals surface area contributed by atoms with Crippen LogP contribution in [0.25, 0.3) is 0 Å². The highest BCUT2D eigenvalue weighted by Gasteiger charge is 2.38. The van der Waals surface area contributed by atoms with E-state index in [9.17, 15) is 23.1 Å². The van der Waals surface area contributed by atoms with Gasteiger partial charge in [-0.25, -0.2) is 0 Å². The van der Waals surface area contributed by atoms with Gasteiger partial charge in [-0.15, -0.1) is 0 Å². The number of halogens is 4. The van der Waals surface area contributed by atoms with Crippen LogP contribution in [0.2, 0.25) is 5.02 Å². The number of aliphatic carboxylic acids is 1. The summed E-state index contributed by atoms with van der Waals surface area (Å²) in [6.07, 6.45) is -2.54. The van der Waals surface area contributed by atoms with Gasteiger partial charge < -0.3 is 5.11 Å². The Morgan fingerprint density at radius 1 is 1.14 bits per heavy atom. The molecule has 0 amide bonds. The summed E-state index contributed by atoms with van der Waals surface area (Å²) in [5.41, 5.74) is 1.25. The van der Waals surface area contributed by atoms with Gasteiger partial charge in [-0.05, 0) is 49.6 Å². The lowest BCUT2D eigenvalue weighted by Crippen LogP contribution is -2.46. The predicted octanol–water partition coefficient (Wildman–Crippen LogP) is 5.70. The maximum absolute atomic E-state index is 13.4. The Labute approximate surface area is 166 Å². The van der Waals surface area contributed by atoms with Crippen molar-refractivity contribution >= 4 is 17.6 Å². The summed E-state index contributed by atoms with van der Waals surface area (Å²) in [4.78, 5) is 13.6. The first-order chi connectivity index (χ1) is 13.2. The highest BCUT2D eigenvalue weighted by Crippen LogP contribution is 2.40. The average molecular weight is 412 g/mol. The molecular formula is C21H21ClF3NO2. The minimum absolute atomic E-state index is 0.368. The molecule has 150 valence electrons. The molecule has 0 saturated carbocycles. The number of alkyl halides is 3. The Hall–Kier alpha value is -2.05. The molecule has 0 radical (unpaired) electrons. The molecule has 2 aromatic carbocycles. The van der Waals surface area contributed by atoms with E-state index < -0.39 is 29.8 Å². The fraction of sp³-hybridized carbons (Fsp3) is 0.381. The monoisotopic (exact) mass is 411 g/mol. The van der Waals surface area contributed by atoms with E-state index in [1.165, 1.54) is 6.07 Å². The van der Waals surface area contributed by atoms with Gasteiger partial charge in [-0.3, -0.25) is 9.69 Å². The second-order valence-electron chi connectivity index (χ2n) is 7.14. The van der Waals surface area contributed by atoms with Crippen LogP contribution in [0.5, 0.6) is 0 Å². The molecule has 3 rings (SSSR count). The van der Waals surface area contributed by atoms with E-state index in [4.69, 9.17) is 11.6 Å². The lowest BCUT2D eigenvalue weighted by molar-refractivity contribution is -0.145. The summed E-state index contributed by atoms with van der Waals surface area (Å²) >= 11 is 5.79. The maximum Gasteiger partial charge on any atom is 0.417 e. The number of benzene rings is 2. The van der Waals surface area contributed by atoms with Gasteiger partial charge in [-0.2, -0.15) is 13.2 Å². The number of likely N-dealkylation sites (tertiary alicyclic amines) is 1. The largest absolute Gasteiger partial charge is 0.480 e. The number of hydrogen-bond donors (Lipinski definition) is 1. The Bertz CT molecular complexity index is 852. The standard InChI is InChI=1S/C21H21ClF3NO2/c1-13-5-7-14(8-6-13)19(26-11-3-2-4-18(26)20(27)28)15-9-10-17(22)16(12-15)21(23,24)25/h5-10,12,18-19H,2-4,11H2,1H3,(H,27,28). The molecule has 1 fully saturated rings. The fourth-order valence-corrected chi connectivity index (χ4v) is 4.01. The minimum Gasteiger partial charge on any atom is -0.480 e. The molecule has 2 unspecified atom stereocenters. The van der Waals surface area contributed by atoms with E-state index in [2.05, 4.69) is 0 Å². The Balaban J connectivity index is 2.14. The zero-order valence-corrected chi connectivity index (χ0v) is 16.1. The molecule has 1 N–H and O–H groups in total. The Kier molecular flexibility index (Phi) is 6.01. The summed E-state index contributed by atoms with van der Waals surface area (Å²) in [5, 5.41) is 9.31. The molecular weight excluding hydrogens is 391 g/mol. The molecule has 28 heavy (non-hydrogen) atoms. The van der Waals surface area contributed by atoms with Gasteiger partial charge in [0.2, 0.25) is 0 Å². The fourth-order valence-electron chi connectivity index (χ4n) is 3.78. The zero-order chi connectivity index (χ0) is 20.5. The Morgan fingerprint density at radius 3 is 2.39 bits per heavy atom. The molecule has 1 saturated heterocycles. The van der Waals surface area contributed by atoms with Crippen molar-refractivity contribution in [3.63, 3.8) is 0 Å². The van der Waals surface area contributed by atoms with Crippen LogP contribution in [0.1, 0.15) is 47.6 Å². The third-order valence-electron chi connectivity index (χ3n) is 5.17. The first kappa shape index (κ1) is 20.7. The minimum atomic E-state index is -4.58. The van der Waals surface area contributed by atoms with Crippen LogP contribution in [0.4, 0.5) is 13.2 Å². The number of carbonyl (C=O) groups is 1. The highest BCUT2D eigenvalue weighted by atomic mass is 35.5. The first-order valence-corrected chi connectivity index (χ1v) is 9.48. The summed E-state index contributed by atoms with van der Waals surface area (Å²) < 4.78 is 40.2. The van der Waals surface area contributed by atoms with Crippen molar-refractivity contribution in [3.8, 4) is 0 Å². The van der Waals surface area contributed by atoms with Crippen LogP contribution in [0, 0.1) is 6.92 Å². The van der Waals surface area contributed by atoms with E-state index in [-0.39, 0.29) is 5.02 Å². The molecule has 0 bridgehead atoms. The molecule has 0 aliphatic carbocycles. The van der Waals surface area contributed by atoms with Crippen LogP contribution >= 0.6 is 11.6 Å².